The highest BCUT2D eigenvalue weighted by Crippen LogP contribution is 2.35. The molecular formula is C18H17ClN2O4S. The summed E-state index contributed by atoms with van der Waals surface area (Å²) < 4.78 is 32.1. The Morgan fingerprint density at radius 2 is 1.73 bits per heavy atom. The van der Waals surface area contributed by atoms with Gasteiger partial charge in [-0.3, -0.25) is 4.99 Å². The summed E-state index contributed by atoms with van der Waals surface area (Å²) in [6, 6.07) is 11.3. The maximum atomic E-state index is 13.1. The average Bonchev–Trinajstić information content (AvgIpc) is 3.08. The molecule has 0 aromatic heterocycles. The van der Waals surface area contributed by atoms with Crippen LogP contribution in [-0.2, 0) is 19.6 Å². The van der Waals surface area contributed by atoms with Crippen LogP contribution in [-0.4, -0.2) is 38.2 Å². The number of methoxy groups -OCH3 is 1. The molecule has 26 heavy (non-hydrogen) atoms. The van der Waals surface area contributed by atoms with Gasteiger partial charge in [0.15, 0.2) is 6.04 Å². The standard InChI is InChI=1S/C18H17ClN2O4S/c1-12-3-9-15(10-4-12)26(23,24)21-11-20-16(18(22)25-2)17(21)13-5-7-14(19)8-6-13/h3-11,16-17H,1-2H3/t16-,17+/m1/s1. The number of rotatable bonds is 4. The molecule has 0 aliphatic carbocycles. The Hall–Kier alpha value is -2.38. The van der Waals surface area contributed by atoms with Crippen molar-refractivity contribution in [2.75, 3.05) is 7.11 Å². The van der Waals surface area contributed by atoms with Crippen LogP contribution in [0, 0.1) is 6.92 Å². The third kappa shape index (κ3) is 3.32. The first-order valence-electron chi connectivity index (χ1n) is 7.81. The second-order valence-corrected chi connectivity index (χ2v) is 8.16. The number of carbonyl (C=O) groups excluding carboxylic acids is 1. The maximum Gasteiger partial charge on any atom is 0.333 e. The molecule has 136 valence electrons. The van der Waals surface area contributed by atoms with Crippen molar-refractivity contribution in [1.29, 1.82) is 0 Å². The third-order valence-corrected chi connectivity index (χ3v) is 6.16. The zero-order chi connectivity index (χ0) is 18.9. The van der Waals surface area contributed by atoms with E-state index in [1.54, 1.807) is 36.4 Å². The summed E-state index contributed by atoms with van der Waals surface area (Å²) in [6.07, 6.45) is 1.18. The van der Waals surface area contributed by atoms with Crippen LogP contribution in [0.15, 0.2) is 58.4 Å². The lowest BCUT2D eigenvalue weighted by Crippen LogP contribution is -2.37. The van der Waals surface area contributed by atoms with E-state index in [1.807, 2.05) is 6.92 Å². The van der Waals surface area contributed by atoms with Gasteiger partial charge in [0.25, 0.3) is 10.0 Å². The molecule has 1 aliphatic heterocycles. The Labute approximate surface area is 157 Å². The summed E-state index contributed by atoms with van der Waals surface area (Å²) in [5, 5.41) is 0.509. The fourth-order valence-corrected chi connectivity index (χ4v) is 4.34. The number of aryl methyl sites for hydroxylation is 1. The van der Waals surface area contributed by atoms with Crippen LogP contribution in [0.2, 0.25) is 5.02 Å². The average molecular weight is 393 g/mol. The normalized spacial score (nSPS) is 19.6. The molecule has 2 atom stereocenters. The Balaban J connectivity index is 2.06. The SMILES string of the molecule is COC(=O)[C@@H]1N=CN(S(=O)(=O)c2ccc(C)cc2)[C@H]1c1ccc(Cl)cc1. The van der Waals surface area contributed by atoms with Gasteiger partial charge >= 0.3 is 5.97 Å². The Morgan fingerprint density at radius 3 is 2.31 bits per heavy atom. The van der Waals surface area contributed by atoms with Crippen LogP contribution in [0.5, 0.6) is 0 Å². The molecule has 0 radical (unpaired) electrons. The minimum absolute atomic E-state index is 0.124. The Bertz CT molecular complexity index is 940. The van der Waals surface area contributed by atoms with E-state index in [1.165, 1.54) is 25.6 Å². The van der Waals surface area contributed by atoms with Gasteiger partial charge in [0, 0.05) is 5.02 Å². The highest BCUT2D eigenvalue weighted by atomic mass is 35.5. The fourth-order valence-electron chi connectivity index (χ4n) is 2.77. The van der Waals surface area contributed by atoms with Crippen molar-refractivity contribution in [1.82, 2.24) is 4.31 Å². The summed E-state index contributed by atoms with van der Waals surface area (Å²) in [5.74, 6) is -0.609. The molecule has 3 rings (SSSR count). The van der Waals surface area contributed by atoms with Gasteiger partial charge in [-0.05, 0) is 36.8 Å². The molecule has 0 unspecified atom stereocenters. The summed E-state index contributed by atoms with van der Waals surface area (Å²) in [7, 11) is -2.65. The van der Waals surface area contributed by atoms with Crippen molar-refractivity contribution >= 4 is 33.9 Å². The Kier molecular flexibility index (Phi) is 5.02. The lowest BCUT2D eigenvalue weighted by molar-refractivity contribution is -0.142. The summed E-state index contributed by atoms with van der Waals surface area (Å²) in [5.41, 5.74) is 1.54. The van der Waals surface area contributed by atoms with Crippen molar-refractivity contribution in [2.24, 2.45) is 4.99 Å². The highest BCUT2D eigenvalue weighted by molar-refractivity contribution is 7.89. The van der Waals surface area contributed by atoms with E-state index in [-0.39, 0.29) is 4.90 Å². The first kappa shape index (κ1) is 18.4. The van der Waals surface area contributed by atoms with Crippen molar-refractivity contribution in [2.45, 2.75) is 23.9 Å². The topological polar surface area (TPSA) is 76.0 Å². The van der Waals surface area contributed by atoms with Gasteiger partial charge in [-0.25, -0.2) is 17.5 Å². The third-order valence-electron chi connectivity index (χ3n) is 4.16. The van der Waals surface area contributed by atoms with Gasteiger partial charge < -0.3 is 4.74 Å². The van der Waals surface area contributed by atoms with E-state index in [2.05, 4.69) is 4.99 Å². The minimum Gasteiger partial charge on any atom is -0.467 e. The zero-order valence-electron chi connectivity index (χ0n) is 14.2. The van der Waals surface area contributed by atoms with Crippen LogP contribution in [0.4, 0.5) is 0 Å². The van der Waals surface area contributed by atoms with E-state index in [9.17, 15) is 13.2 Å². The number of esters is 1. The number of hydrogen-bond donors (Lipinski definition) is 0. The van der Waals surface area contributed by atoms with Crippen molar-refractivity contribution in [3.63, 3.8) is 0 Å². The van der Waals surface area contributed by atoms with Gasteiger partial charge in [0.1, 0.15) is 12.4 Å². The molecule has 0 bridgehead atoms. The number of nitrogens with zero attached hydrogens (tertiary/aromatic N) is 2. The zero-order valence-corrected chi connectivity index (χ0v) is 15.7. The van der Waals surface area contributed by atoms with Crippen LogP contribution in [0.3, 0.4) is 0 Å². The van der Waals surface area contributed by atoms with E-state index in [0.29, 0.717) is 10.6 Å². The van der Waals surface area contributed by atoms with Crippen molar-refractivity contribution in [3.05, 3.63) is 64.7 Å². The fraction of sp³-hybridized carbons (Fsp3) is 0.222. The lowest BCUT2D eigenvalue weighted by Gasteiger charge is -2.27. The first-order valence-corrected chi connectivity index (χ1v) is 9.63. The van der Waals surface area contributed by atoms with Crippen LogP contribution >= 0.6 is 11.6 Å². The molecule has 2 aromatic rings. The van der Waals surface area contributed by atoms with Crippen molar-refractivity contribution < 1.29 is 17.9 Å². The monoisotopic (exact) mass is 392 g/mol. The molecule has 1 heterocycles. The number of halogens is 1. The number of benzene rings is 2. The maximum absolute atomic E-state index is 13.1. The van der Waals surface area contributed by atoms with Gasteiger partial charge in [0.05, 0.1) is 12.0 Å². The number of ether oxygens (including phenoxy) is 1. The van der Waals surface area contributed by atoms with Crippen LogP contribution in [0.25, 0.3) is 0 Å². The van der Waals surface area contributed by atoms with E-state index in [4.69, 9.17) is 16.3 Å². The van der Waals surface area contributed by atoms with Gasteiger partial charge in [0.2, 0.25) is 0 Å². The first-order chi connectivity index (χ1) is 12.3. The number of sulfonamides is 1. The van der Waals surface area contributed by atoms with Crippen LogP contribution in [0.1, 0.15) is 17.2 Å². The molecule has 0 N–H and O–H groups in total. The van der Waals surface area contributed by atoms with Gasteiger partial charge in [-0.15, -0.1) is 0 Å². The molecule has 2 aromatic carbocycles. The molecule has 0 spiro atoms. The molecule has 0 saturated carbocycles. The predicted molar refractivity (Wildman–Crippen MR) is 98.7 cm³/mol. The smallest absolute Gasteiger partial charge is 0.333 e. The number of hydrogen-bond acceptors (Lipinski definition) is 5. The lowest BCUT2D eigenvalue weighted by atomic mass is 10.0. The number of carbonyl (C=O) groups is 1. The molecule has 0 amide bonds. The van der Waals surface area contributed by atoms with E-state index >= 15 is 0 Å². The number of aliphatic imine (C=N–C) groups is 1. The molecule has 1 aliphatic rings. The molecule has 8 heteroatoms. The summed E-state index contributed by atoms with van der Waals surface area (Å²) >= 11 is 5.93. The second kappa shape index (κ2) is 7.09. The van der Waals surface area contributed by atoms with Gasteiger partial charge in [-0.1, -0.05) is 41.4 Å². The minimum atomic E-state index is -3.89. The Morgan fingerprint density at radius 1 is 1.12 bits per heavy atom. The van der Waals surface area contributed by atoms with Gasteiger partial charge in [-0.2, -0.15) is 0 Å². The highest BCUT2D eigenvalue weighted by Gasteiger charge is 2.43. The van der Waals surface area contributed by atoms with E-state index in [0.717, 1.165) is 9.87 Å². The quantitative estimate of drug-likeness (QED) is 0.749. The predicted octanol–water partition coefficient (Wildman–Crippen LogP) is 2.96. The van der Waals surface area contributed by atoms with E-state index < -0.39 is 28.1 Å². The largest absolute Gasteiger partial charge is 0.467 e. The van der Waals surface area contributed by atoms with Crippen molar-refractivity contribution in [3.8, 4) is 0 Å². The molecule has 6 nitrogen and oxygen atoms in total. The molecule has 0 fully saturated rings. The summed E-state index contributed by atoms with van der Waals surface area (Å²) in [4.78, 5) is 16.4. The molecular weight excluding hydrogens is 376 g/mol. The summed E-state index contributed by atoms with van der Waals surface area (Å²) in [6.45, 7) is 1.87. The second-order valence-electron chi connectivity index (χ2n) is 5.88. The van der Waals surface area contributed by atoms with Crippen LogP contribution < -0.4 is 0 Å². The molecule has 0 saturated heterocycles.